The quantitative estimate of drug-likeness (QED) is 0.477. The second-order valence-corrected chi connectivity index (χ2v) is 3.80. The summed E-state index contributed by atoms with van der Waals surface area (Å²) in [5.74, 6) is -1.14. The smallest absolute Gasteiger partial charge is 0.339 e. The van der Waals surface area contributed by atoms with Gasteiger partial charge in [0.1, 0.15) is 11.3 Å². The van der Waals surface area contributed by atoms with Crippen LogP contribution in [0.2, 0.25) is 0 Å². The molecule has 0 aliphatic heterocycles. The maximum atomic E-state index is 11.0. The van der Waals surface area contributed by atoms with Gasteiger partial charge in [0.2, 0.25) is 0 Å². The zero-order valence-electron chi connectivity index (χ0n) is 9.88. The number of carbonyl (C=O) groups is 1. The number of carboxylic acid groups (broad SMARTS) is 1. The van der Waals surface area contributed by atoms with Crippen molar-refractivity contribution in [3.05, 3.63) is 46.0 Å². The number of aromatic carboxylic acids is 1. The predicted molar refractivity (Wildman–Crippen MR) is 65.0 cm³/mol. The minimum Gasteiger partial charge on any atom is -0.492 e. The Balaban J connectivity index is 2.93. The number of nitrogens with zero attached hydrogens (tertiary/aromatic N) is 1. The lowest BCUT2D eigenvalue weighted by Gasteiger charge is -2.08. The van der Waals surface area contributed by atoms with E-state index in [1.165, 1.54) is 12.1 Å². The van der Waals surface area contributed by atoms with Crippen molar-refractivity contribution in [2.24, 2.45) is 0 Å². The Hall–Kier alpha value is -2.37. The SMILES string of the molecule is C=C(C)CCOc1ccc([N+](=O)[O-])cc1C(=O)O. The fourth-order valence-electron chi connectivity index (χ4n) is 1.26. The van der Waals surface area contributed by atoms with Gasteiger partial charge in [0.25, 0.3) is 5.69 Å². The molecule has 0 aliphatic carbocycles. The highest BCUT2D eigenvalue weighted by Crippen LogP contribution is 2.24. The van der Waals surface area contributed by atoms with E-state index in [4.69, 9.17) is 9.84 Å². The summed E-state index contributed by atoms with van der Waals surface area (Å²) in [5, 5.41) is 19.5. The third-order valence-electron chi connectivity index (χ3n) is 2.19. The molecule has 0 aliphatic rings. The average Bonchev–Trinajstić information content (AvgIpc) is 2.28. The maximum Gasteiger partial charge on any atom is 0.339 e. The molecule has 0 aromatic heterocycles. The lowest BCUT2D eigenvalue weighted by atomic mass is 10.2. The van der Waals surface area contributed by atoms with E-state index in [0.717, 1.165) is 11.6 Å². The standard InChI is InChI=1S/C12H13NO5/c1-8(2)5-6-18-11-4-3-9(13(16)17)7-10(11)12(14)15/h3-4,7H,1,5-6H2,2H3,(H,14,15). The number of carboxylic acids is 1. The summed E-state index contributed by atoms with van der Waals surface area (Å²) in [7, 11) is 0. The predicted octanol–water partition coefficient (Wildman–Crippen LogP) is 2.64. The second kappa shape index (κ2) is 5.81. The zero-order chi connectivity index (χ0) is 13.7. The van der Waals surface area contributed by atoms with Gasteiger partial charge in [-0.3, -0.25) is 10.1 Å². The van der Waals surface area contributed by atoms with Crippen LogP contribution in [-0.4, -0.2) is 22.6 Å². The number of hydrogen-bond donors (Lipinski definition) is 1. The molecule has 0 fully saturated rings. The van der Waals surface area contributed by atoms with Crippen LogP contribution >= 0.6 is 0 Å². The Bertz CT molecular complexity index is 495. The van der Waals surface area contributed by atoms with Gasteiger partial charge in [0, 0.05) is 18.6 Å². The van der Waals surface area contributed by atoms with Crippen molar-refractivity contribution < 1.29 is 19.6 Å². The molecular formula is C12H13NO5. The topological polar surface area (TPSA) is 89.7 Å². The fraction of sp³-hybridized carbons (Fsp3) is 0.250. The van der Waals surface area contributed by atoms with Crippen molar-refractivity contribution >= 4 is 11.7 Å². The average molecular weight is 251 g/mol. The van der Waals surface area contributed by atoms with Crippen LogP contribution in [0.25, 0.3) is 0 Å². The number of nitro groups is 1. The van der Waals surface area contributed by atoms with Crippen LogP contribution in [0.15, 0.2) is 30.4 Å². The summed E-state index contributed by atoms with van der Waals surface area (Å²) >= 11 is 0. The molecule has 18 heavy (non-hydrogen) atoms. The van der Waals surface area contributed by atoms with E-state index < -0.39 is 10.9 Å². The lowest BCUT2D eigenvalue weighted by Crippen LogP contribution is -2.05. The van der Waals surface area contributed by atoms with Crippen molar-refractivity contribution in [2.45, 2.75) is 13.3 Å². The Kier molecular flexibility index (Phi) is 4.42. The van der Waals surface area contributed by atoms with Gasteiger partial charge in [0.05, 0.1) is 11.5 Å². The van der Waals surface area contributed by atoms with Gasteiger partial charge in [-0.05, 0) is 13.0 Å². The zero-order valence-corrected chi connectivity index (χ0v) is 9.88. The molecule has 6 nitrogen and oxygen atoms in total. The number of nitro benzene ring substituents is 1. The molecule has 0 bridgehead atoms. The first kappa shape index (κ1) is 13.7. The molecule has 96 valence electrons. The van der Waals surface area contributed by atoms with E-state index in [0.29, 0.717) is 6.42 Å². The van der Waals surface area contributed by atoms with Crippen molar-refractivity contribution in [3.8, 4) is 5.75 Å². The number of hydrogen-bond acceptors (Lipinski definition) is 4. The molecule has 0 spiro atoms. The van der Waals surface area contributed by atoms with Crippen molar-refractivity contribution in [3.63, 3.8) is 0 Å². The molecule has 1 aromatic rings. The normalized spacial score (nSPS) is 9.83. The molecule has 0 amide bonds. The van der Waals surface area contributed by atoms with Crippen LogP contribution < -0.4 is 4.74 Å². The number of rotatable bonds is 6. The summed E-state index contributed by atoms with van der Waals surface area (Å²) in [6.45, 7) is 5.81. The first-order chi connectivity index (χ1) is 8.41. The van der Waals surface area contributed by atoms with Gasteiger partial charge in [-0.15, -0.1) is 6.58 Å². The van der Waals surface area contributed by atoms with Crippen LogP contribution in [-0.2, 0) is 0 Å². The summed E-state index contributed by atoms with van der Waals surface area (Å²) in [5.41, 5.74) is 0.416. The highest BCUT2D eigenvalue weighted by atomic mass is 16.6. The number of non-ortho nitro benzene ring substituents is 1. The minimum atomic E-state index is -1.26. The van der Waals surface area contributed by atoms with Crippen LogP contribution in [0.4, 0.5) is 5.69 Å². The Labute approximate surface area is 104 Å². The van der Waals surface area contributed by atoms with Gasteiger partial charge in [-0.25, -0.2) is 4.79 Å². The molecule has 6 heteroatoms. The molecule has 0 saturated heterocycles. The van der Waals surface area contributed by atoms with Gasteiger partial charge >= 0.3 is 5.97 Å². The second-order valence-electron chi connectivity index (χ2n) is 3.80. The molecule has 1 rings (SSSR count). The molecule has 0 heterocycles. The summed E-state index contributed by atoms with van der Waals surface area (Å²) < 4.78 is 5.28. The molecule has 0 unspecified atom stereocenters. The van der Waals surface area contributed by atoms with Crippen LogP contribution in [0.5, 0.6) is 5.75 Å². The number of benzene rings is 1. The minimum absolute atomic E-state index is 0.120. The number of ether oxygens (including phenoxy) is 1. The van der Waals surface area contributed by atoms with E-state index in [1.54, 1.807) is 0 Å². The third-order valence-corrected chi connectivity index (χ3v) is 2.19. The molecule has 0 atom stereocenters. The Morgan fingerprint density at radius 2 is 2.22 bits per heavy atom. The Morgan fingerprint density at radius 3 is 2.72 bits per heavy atom. The maximum absolute atomic E-state index is 11.0. The van der Waals surface area contributed by atoms with Crippen LogP contribution in [0, 0.1) is 10.1 Å². The lowest BCUT2D eigenvalue weighted by molar-refractivity contribution is -0.384. The molecular weight excluding hydrogens is 238 g/mol. The van der Waals surface area contributed by atoms with E-state index >= 15 is 0 Å². The summed E-state index contributed by atoms with van der Waals surface area (Å²) in [6.07, 6.45) is 0.593. The summed E-state index contributed by atoms with van der Waals surface area (Å²) in [6, 6.07) is 3.49. The molecule has 0 radical (unpaired) electrons. The first-order valence-corrected chi connectivity index (χ1v) is 5.20. The van der Waals surface area contributed by atoms with Crippen LogP contribution in [0.1, 0.15) is 23.7 Å². The third kappa shape index (κ3) is 3.58. The molecule has 1 N–H and O–H groups in total. The van der Waals surface area contributed by atoms with Crippen molar-refractivity contribution in [1.82, 2.24) is 0 Å². The van der Waals surface area contributed by atoms with Gasteiger partial charge in [-0.2, -0.15) is 0 Å². The Morgan fingerprint density at radius 1 is 1.56 bits per heavy atom. The monoisotopic (exact) mass is 251 g/mol. The van der Waals surface area contributed by atoms with E-state index in [-0.39, 0.29) is 23.6 Å². The van der Waals surface area contributed by atoms with Gasteiger partial charge in [-0.1, -0.05) is 5.57 Å². The van der Waals surface area contributed by atoms with Crippen LogP contribution in [0.3, 0.4) is 0 Å². The van der Waals surface area contributed by atoms with Gasteiger partial charge < -0.3 is 9.84 Å². The molecule has 0 saturated carbocycles. The highest BCUT2D eigenvalue weighted by molar-refractivity contribution is 5.91. The van der Waals surface area contributed by atoms with Crippen molar-refractivity contribution in [1.29, 1.82) is 0 Å². The van der Waals surface area contributed by atoms with E-state index in [1.807, 2.05) is 6.92 Å². The van der Waals surface area contributed by atoms with Gasteiger partial charge in [0.15, 0.2) is 0 Å². The van der Waals surface area contributed by atoms with Crippen molar-refractivity contribution in [2.75, 3.05) is 6.61 Å². The van der Waals surface area contributed by atoms with E-state index in [9.17, 15) is 14.9 Å². The largest absolute Gasteiger partial charge is 0.492 e. The first-order valence-electron chi connectivity index (χ1n) is 5.20. The van der Waals surface area contributed by atoms with E-state index in [2.05, 4.69) is 6.58 Å². The summed E-state index contributed by atoms with van der Waals surface area (Å²) in [4.78, 5) is 20.9. The molecule has 1 aromatic carbocycles. The fourth-order valence-corrected chi connectivity index (χ4v) is 1.26. The highest BCUT2D eigenvalue weighted by Gasteiger charge is 2.16.